The molecule has 1 aliphatic rings. The molecule has 18 heavy (non-hydrogen) atoms. The van der Waals surface area contributed by atoms with Gasteiger partial charge < -0.3 is 4.98 Å². The Morgan fingerprint density at radius 2 is 2.44 bits per heavy atom. The van der Waals surface area contributed by atoms with Crippen LogP contribution in [0.4, 0.5) is 0 Å². The van der Waals surface area contributed by atoms with Crippen molar-refractivity contribution in [3.8, 4) is 0 Å². The summed E-state index contributed by atoms with van der Waals surface area (Å²) < 4.78 is 1.76. The van der Waals surface area contributed by atoms with Crippen molar-refractivity contribution in [3.63, 3.8) is 0 Å². The minimum absolute atomic E-state index is 0.587. The second kappa shape index (κ2) is 5.21. The molecule has 0 aromatic carbocycles. The smallest absolute Gasteiger partial charge is 0.196 e. The van der Waals surface area contributed by atoms with Crippen LogP contribution in [0.3, 0.4) is 0 Å². The van der Waals surface area contributed by atoms with E-state index in [4.69, 9.17) is 12.2 Å². The highest BCUT2D eigenvalue weighted by Crippen LogP contribution is 2.23. The molecular weight excluding hydrogens is 330 g/mol. The first-order chi connectivity index (χ1) is 8.70. The predicted octanol–water partition coefficient (Wildman–Crippen LogP) is 3.52. The van der Waals surface area contributed by atoms with E-state index in [9.17, 15) is 0 Å². The average Bonchev–Trinajstić information content (AvgIpc) is 2.75. The van der Waals surface area contributed by atoms with E-state index in [0.29, 0.717) is 4.77 Å². The molecule has 0 amide bonds. The molecule has 94 valence electrons. The Kier molecular flexibility index (Phi) is 3.61. The van der Waals surface area contributed by atoms with Crippen molar-refractivity contribution in [2.45, 2.75) is 19.5 Å². The summed E-state index contributed by atoms with van der Waals surface area (Å²) >= 11 is 10.3. The largest absolute Gasteiger partial charge is 0.334 e. The topological polar surface area (TPSA) is 31.9 Å². The van der Waals surface area contributed by atoms with Crippen LogP contribution in [0.15, 0.2) is 22.1 Å². The van der Waals surface area contributed by atoms with Crippen molar-refractivity contribution in [3.05, 3.63) is 43.0 Å². The first kappa shape index (κ1) is 12.5. The van der Waals surface area contributed by atoms with E-state index in [-0.39, 0.29) is 0 Å². The van der Waals surface area contributed by atoms with E-state index >= 15 is 0 Å². The molecule has 3 rings (SSSR count). The van der Waals surface area contributed by atoms with Gasteiger partial charge in [-0.3, -0.25) is 4.90 Å². The highest BCUT2D eigenvalue weighted by molar-refractivity contribution is 9.10. The van der Waals surface area contributed by atoms with Crippen molar-refractivity contribution in [1.29, 1.82) is 0 Å². The van der Waals surface area contributed by atoms with Crippen LogP contribution in [0.5, 0.6) is 0 Å². The van der Waals surface area contributed by atoms with Gasteiger partial charge >= 0.3 is 0 Å². The van der Waals surface area contributed by atoms with E-state index in [1.807, 2.05) is 6.20 Å². The molecule has 2 aromatic rings. The molecule has 1 N–H and O–H groups in total. The lowest BCUT2D eigenvalue weighted by atomic mass is 10.1. The number of halogens is 1. The number of thiophene rings is 1. The van der Waals surface area contributed by atoms with Crippen LogP contribution < -0.4 is 0 Å². The van der Waals surface area contributed by atoms with Gasteiger partial charge in [0.15, 0.2) is 4.77 Å². The van der Waals surface area contributed by atoms with Crippen molar-refractivity contribution in [2.75, 3.05) is 6.54 Å². The summed E-state index contributed by atoms with van der Waals surface area (Å²) in [6, 6.07) is 2.19. The van der Waals surface area contributed by atoms with Gasteiger partial charge in [-0.05, 0) is 34.2 Å². The number of fused-ring (bicyclic) bond motifs is 1. The summed E-state index contributed by atoms with van der Waals surface area (Å²) in [6.07, 6.45) is 2.93. The van der Waals surface area contributed by atoms with Crippen LogP contribution in [0.25, 0.3) is 0 Å². The SMILES string of the molecule is S=c1ncc2c([nH]1)CCN(Cc1cc(Br)cs1)C2. The lowest BCUT2D eigenvalue weighted by Crippen LogP contribution is -2.30. The molecule has 2 aromatic heterocycles. The normalized spacial score (nSPS) is 15.6. The summed E-state index contributed by atoms with van der Waals surface area (Å²) in [5.41, 5.74) is 2.52. The van der Waals surface area contributed by atoms with Crippen molar-refractivity contribution in [1.82, 2.24) is 14.9 Å². The van der Waals surface area contributed by atoms with Crippen LogP contribution in [-0.4, -0.2) is 21.4 Å². The first-order valence-corrected chi connectivity index (χ1v) is 7.81. The fraction of sp³-hybridized carbons (Fsp3) is 0.333. The molecule has 3 nitrogen and oxygen atoms in total. The highest BCUT2D eigenvalue weighted by atomic mass is 79.9. The maximum atomic E-state index is 5.05. The van der Waals surface area contributed by atoms with E-state index in [0.717, 1.165) is 26.1 Å². The van der Waals surface area contributed by atoms with Crippen molar-refractivity contribution >= 4 is 39.5 Å². The van der Waals surface area contributed by atoms with Crippen molar-refractivity contribution in [2.24, 2.45) is 0 Å². The summed E-state index contributed by atoms with van der Waals surface area (Å²) in [5, 5.41) is 2.13. The van der Waals surface area contributed by atoms with Gasteiger partial charge in [0.2, 0.25) is 0 Å². The maximum absolute atomic E-state index is 5.05. The van der Waals surface area contributed by atoms with Crippen molar-refractivity contribution < 1.29 is 0 Å². The van der Waals surface area contributed by atoms with Crippen LogP contribution in [-0.2, 0) is 19.5 Å². The third kappa shape index (κ3) is 2.71. The number of rotatable bonds is 2. The second-order valence-electron chi connectivity index (χ2n) is 4.38. The van der Waals surface area contributed by atoms with E-state index in [1.165, 1.54) is 20.6 Å². The number of nitrogens with zero attached hydrogens (tertiary/aromatic N) is 2. The molecular formula is C12H12BrN3S2. The molecule has 0 aliphatic carbocycles. The van der Waals surface area contributed by atoms with E-state index in [2.05, 4.69) is 42.2 Å². The zero-order chi connectivity index (χ0) is 12.5. The Bertz CT molecular complexity index is 620. The summed E-state index contributed by atoms with van der Waals surface area (Å²) in [5.74, 6) is 0. The molecule has 3 heterocycles. The minimum Gasteiger partial charge on any atom is -0.334 e. The molecule has 0 saturated carbocycles. The quantitative estimate of drug-likeness (QED) is 0.848. The van der Waals surface area contributed by atoms with E-state index < -0.39 is 0 Å². The molecule has 0 spiro atoms. The average molecular weight is 342 g/mol. The lowest BCUT2D eigenvalue weighted by Gasteiger charge is -2.27. The third-order valence-corrected chi connectivity index (χ3v) is 4.95. The number of nitrogens with one attached hydrogen (secondary N) is 1. The molecule has 0 saturated heterocycles. The Hall–Kier alpha value is -0.560. The van der Waals surface area contributed by atoms with Crippen LogP contribution in [0.2, 0.25) is 0 Å². The first-order valence-electron chi connectivity index (χ1n) is 5.73. The zero-order valence-corrected chi connectivity index (χ0v) is 12.9. The number of H-pyrrole nitrogens is 1. The van der Waals surface area contributed by atoms with Crippen LogP contribution >= 0.6 is 39.5 Å². The molecule has 0 unspecified atom stereocenters. The maximum Gasteiger partial charge on any atom is 0.196 e. The Balaban J connectivity index is 1.75. The number of aromatic amines is 1. The monoisotopic (exact) mass is 341 g/mol. The Morgan fingerprint density at radius 1 is 1.56 bits per heavy atom. The number of hydrogen-bond acceptors (Lipinski definition) is 4. The zero-order valence-electron chi connectivity index (χ0n) is 9.65. The fourth-order valence-electron chi connectivity index (χ4n) is 2.20. The summed E-state index contributed by atoms with van der Waals surface area (Å²) in [7, 11) is 0. The third-order valence-electron chi connectivity index (χ3n) is 3.06. The second-order valence-corrected chi connectivity index (χ2v) is 6.68. The van der Waals surface area contributed by atoms with Gasteiger partial charge in [0.05, 0.1) is 0 Å². The van der Waals surface area contributed by atoms with Gasteiger partial charge in [-0.25, -0.2) is 4.98 Å². The standard InChI is InChI=1S/C12H12BrN3S2/c13-9-3-10(18-7-9)6-16-2-1-11-8(5-16)4-14-12(17)15-11/h3-4,7H,1-2,5-6H2,(H,14,15,17). The van der Waals surface area contributed by atoms with Gasteiger partial charge in [-0.2, -0.15) is 0 Å². The number of aromatic nitrogens is 2. The van der Waals surface area contributed by atoms with Gasteiger partial charge in [0, 0.05) is 58.2 Å². The van der Waals surface area contributed by atoms with Crippen LogP contribution in [0.1, 0.15) is 16.1 Å². The Morgan fingerprint density at radius 3 is 3.22 bits per heavy atom. The fourth-order valence-corrected chi connectivity index (χ4v) is 3.87. The molecule has 1 aliphatic heterocycles. The molecule has 6 heteroatoms. The van der Waals surface area contributed by atoms with Gasteiger partial charge in [-0.15, -0.1) is 11.3 Å². The Labute approximate surface area is 123 Å². The van der Waals surface area contributed by atoms with Gasteiger partial charge in [-0.1, -0.05) is 0 Å². The minimum atomic E-state index is 0.587. The van der Waals surface area contributed by atoms with Gasteiger partial charge in [0.1, 0.15) is 0 Å². The molecule has 0 bridgehead atoms. The van der Waals surface area contributed by atoms with Crippen LogP contribution in [0, 0.1) is 4.77 Å². The molecule has 0 atom stereocenters. The number of hydrogen-bond donors (Lipinski definition) is 1. The van der Waals surface area contributed by atoms with Gasteiger partial charge in [0.25, 0.3) is 0 Å². The highest BCUT2D eigenvalue weighted by Gasteiger charge is 2.17. The summed E-state index contributed by atoms with van der Waals surface area (Å²) in [4.78, 5) is 11.2. The molecule has 0 radical (unpaired) electrons. The van der Waals surface area contributed by atoms with E-state index in [1.54, 1.807) is 11.3 Å². The predicted molar refractivity (Wildman–Crippen MR) is 79.3 cm³/mol. The summed E-state index contributed by atoms with van der Waals surface area (Å²) in [6.45, 7) is 3.02. The molecule has 0 fully saturated rings. The lowest BCUT2D eigenvalue weighted by molar-refractivity contribution is 0.245.